The smallest absolute Gasteiger partial charge is 0.251 e. The number of nitriles is 1. The number of amides is 1. The summed E-state index contributed by atoms with van der Waals surface area (Å²) in [5, 5.41) is 11.1. The van der Waals surface area contributed by atoms with Crippen LogP contribution in [0.3, 0.4) is 0 Å². The number of hydrogen-bond donors (Lipinski definition) is 2. The van der Waals surface area contributed by atoms with E-state index in [-0.39, 0.29) is 5.91 Å². The molecular weight excluding hydrogens is 244 g/mol. The molecule has 2 N–H and O–H groups in total. The number of aromatic amines is 1. The zero-order valence-corrected chi connectivity index (χ0v) is 10.3. The van der Waals surface area contributed by atoms with Crippen LogP contribution in [0.2, 0.25) is 0 Å². The van der Waals surface area contributed by atoms with E-state index in [0.717, 1.165) is 11.0 Å². The summed E-state index contributed by atoms with van der Waals surface area (Å²) < 4.78 is 5.16. The van der Waals surface area contributed by atoms with Gasteiger partial charge in [0.05, 0.1) is 43.1 Å². The summed E-state index contributed by atoms with van der Waals surface area (Å²) in [4.78, 5) is 18.9. The topological polar surface area (TPSA) is 90.8 Å². The molecule has 2 rings (SSSR count). The molecule has 19 heavy (non-hydrogen) atoms. The number of carbonyl (C=O) groups is 1. The third kappa shape index (κ3) is 3.53. The number of nitrogens with zero attached hydrogens (tertiary/aromatic N) is 2. The van der Waals surface area contributed by atoms with Gasteiger partial charge >= 0.3 is 0 Å². The Morgan fingerprint density at radius 2 is 2.37 bits per heavy atom. The Balaban J connectivity index is 1.81. The third-order valence-corrected chi connectivity index (χ3v) is 2.57. The second-order valence-electron chi connectivity index (χ2n) is 3.91. The summed E-state index contributed by atoms with van der Waals surface area (Å²) in [6.45, 7) is 1.22. The van der Waals surface area contributed by atoms with E-state index in [0.29, 0.717) is 31.7 Å². The van der Waals surface area contributed by atoms with Gasteiger partial charge in [0.25, 0.3) is 5.91 Å². The van der Waals surface area contributed by atoms with Crippen LogP contribution in [0.4, 0.5) is 0 Å². The Morgan fingerprint density at radius 1 is 1.47 bits per heavy atom. The monoisotopic (exact) mass is 258 g/mol. The summed E-state index contributed by atoms with van der Waals surface area (Å²) >= 11 is 0. The van der Waals surface area contributed by atoms with Crippen LogP contribution >= 0.6 is 0 Å². The van der Waals surface area contributed by atoms with Gasteiger partial charge in [-0.2, -0.15) is 5.26 Å². The Bertz CT molecular complexity index is 600. The number of aromatic nitrogens is 2. The zero-order valence-electron chi connectivity index (χ0n) is 10.3. The summed E-state index contributed by atoms with van der Waals surface area (Å²) in [5.74, 6) is -0.152. The lowest BCUT2D eigenvalue weighted by atomic mass is 10.2. The van der Waals surface area contributed by atoms with Crippen molar-refractivity contribution in [3.05, 3.63) is 30.1 Å². The van der Waals surface area contributed by atoms with Gasteiger partial charge in [0.1, 0.15) is 0 Å². The lowest BCUT2D eigenvalue weighted by Crippen LogP contribution is -2.27. The van der Waals surface area contributed by atoms with Crippen LogP contribution in [-0.4, -0.2) is 35.6 Å². The van der Waals surface area contributed by atoms with E-state index in [1.165, 1.54) is 0 Å². The Kier molecular flexibility index (Phi) is 4.48. The largest absolute Gasteiger partial charge is 0.379 e. The van der Waals surface area contributed by atoms with Crippen LogP contribution in [0.25, 0.3) is 11.0 Å². The Morgan fingerprint density at radius 3 is 3.21 bits per heavy atom. The molecule has 0 radical (unpaired) electrons. The highest BCUT2D eigenvalue weighted by molar-refractivity contribution is 5.97. The van der Waals surface area contributed by atoms with Crippen molar-refractivity contribution in [1.29, 1.82) is 5.26 Å². The SMILES string of the molecule is N#CCCOCCNC(=O)c1ccc2nc[nH]c2c1. The molecule has 1 aromatic heterocycles. The van der Waals surface area contributed by atoms with Crippen LogP contribution in [0, 0.1) is 11.3 Å². The molecule has 0 aliphatic carbocycles. The predicted molar refractivity (Wildman–Crippen MR) is 69.5 cm³/mol. The van der Waals surface area contributed by atoms with Crippen LogP contribution in [0.15, 0.2) is 24.5 Å². The predicted octanol–water partition coefficient (Wildman–Crippen LogP) is 1.22. The molecule has 0 bridgehead atoms. The van der Waals surface area contributed by atoms with Crippen molar-refractivity contribution in [3.63, 3.8) is 0 Å². The van der Waals surface area contributed by atoms with Crippen molar-refractivity contribution in [1.82, 2.24) is 15.3 Å². The second-order valence-corrected chi connectivity index (χ2v) is 3.91. The molecule has 98 valence electrons. The van der Waals surface area contributed by atoms with Crippen molar-refractivity contribution < 1.29 is 9.53 Å². The molecule has 0 unspecified atom stereocenters. The van der Waals surface area contributed by atoms with E-state index in [2.05, 4.69) is 15.3 Å². The highest BCUT2D eigenvalue weighted by Crippen LogP contribution is 2.11. The van der Waals surface area contributed by atoms with Gasteiger partial charge in [-0.1, -0.05) is 0 Å². The molecule has 1 heterocycles. The number of ether oxygens (including phenoxy) is 1. The quantitative estimate of drug-likeness (QED) is 0.762. The van der Waals surface area contributed by atoms with Crippen LogP contribution in [0.5, 0.6) is 0 Å². The average molecular weight is 258 g/mol. The maximum absolute atomic E-state index is 11.8. The molecule has 1 aromatic carbocycles. The minimum atomic E-state index is -0.152. The first kappa shape index (κ1) is 13.1. The zero-order chi connectivity index (χ0) is 13.5. The Labute approximate surface area is 110 Å². The van der Waals surface area contributed by atoms with Crippen LogP contribution in [0.1, 0.15) is 16.8 Å². The molecular formula is C13H14N4O2. The molecule has 0 spiro atoms. The second kappa shape index (κ2) is 6.52. The molecule has 0 aliphatic heterocycles. The third-order valence-electron chi connectivity index (χ3n) is 2.57. The summed E-state index contributed by atoms with van der Waals surface area (Å²) in [7, 11) is 0. The minimum absolute atomic E-state index is 0.152. The molecule has 6 heteroatoms. The van der Waals surface area contributed by atoms with Crippen molar-refractivity contribution in [2.24, 2.45) is 0 Å². The van der Waals surface area contributed by atoms with Crippen molar-refractivity contribution in [2.75, 3.05) is 19.8 Å². The molecule has 6 nitrogen and oxygen atoms in total. The first-order valence-electron chi connectivity index (χ1n) is 5.97. The molecule has 0 saturated carbocycles. The van der Waals surface area contributed by atoms with E-state index < -0.39 is 0 Å². The van der Waals surface area contributed by atoms with E-state index in [9.17, 15) is 4.79 Å². The number of hydrogen-bond acceptors (Lipinski definition) is 4. The van der Waals surface area contributed by atoms with Gasteiger partial charge in [-0.25, -0.2) is 4.98 Å². The number of carbonyl (C=O) groups excluding carboxylic acids is 1. The lowest BCUT2D eigenvalue weighted by molar-refractivity contribution is 0.0918. The van der Waals surface area contributed by atoms with Gasteiger partial charge in [-0.3, -0.25) is 4.79 Å². The molecule has 0 fully saturated rings. The van der Waals surface area contributed by atoms with Crippen LogP contribution in [-0.2, 0) is 4.74 Å². The fourth-order valence-corrected chi connectivity index (χ4v) is 1.64. The number of nitrogens with one attached hydrogen (secondary N) is 2. The fourth-order valence-electron chi connectivity index (χ4n) is 1.64. The number of rotatable bonds is 6. The van der Waals surface area contributed by atoms with E-state index in [1.807, 2.05) is 6.07 Å². The van der Waals surface area contributed by atoms with E-state index in [4.69, 9.17) is 10.00 Å². The summed E-state index contributed by atoms with van der Waals surface area (Å²) in [6.07, 6.45) is 1.96. The number of fused-ring (bicyclic) bond motifs is 1. The first-order chi connectivity index (χ1) is 9.31. The molecule has 1 amide bonds. The van der Waals surface area contributed by atoms with E-state index >= 15 is 0 Å². The van der Waals surface area contributed by atoms with Gasteiger partial charge in [0.2, 0.25) is 0 Å². The fraction of sp³-hybridized carbons (Fsp3) is 0.308. The Hall–Kier alpha value is -2.39. The first-order valence-corrected chi connectivity index (χ1v) is 5.97. The van der Waals surface area contributed by atoms with Gasteiger partial charge < -0.3 is 15.0 Å². The molecule has 0 atom stereocenters. The maximum Gasteiger partial charge on any atom is 0.251 e. The van der Waals surface area contributed by atoms with Crippen LogP contribution < -0.4 is 5.32 Å². The van der Waals surface area contributed by atoms with Crippen molar-refractivity contribution >= 4 is 16.9 Å². The average Bonchev–Trinajstić information content (AvgIpc) is 2.89. The molecule has 0 aliphatic rings. The molecule has 0 saturated heterocycles. The highest BCUT2D eigenvalue weighted by Gasteiger charge is 2.06. The van der Waals surface area contributed by atoms with Gasteiger partial charge in [-0.15, -0.1) is 0 Å². The number of H-pyrrole nitrogens is 1. The van der Waals surface area contributed by atoms with Gasteiger partial charge in [0, 0.05) is 12.1 Å². The van der Waals surface area contributed by atoms with Crippen molar-refractivity contribution in [2.45, 2.75) is 6.42 Å². The number of imidazole rings is 1. The summed E-state index contributed by atoms with van der Waals surface area (Å²) in [6, 6.07) is 7.27. The van der Waals surface area contributed by atoms with Crippen molar-refractivity contribution in [3.8, 4) is 6.07 Å². The highest BCUT2D eigenvalue weighted by atomic mass is 16.5. The van der Waals surface area contributed by atoms with Gasteiger partial charge in [0.15, 0.2) is 0 Å². The lowest BCUT2D eigenvalue weighted by Gasteiger charge is -2.05. The maximum atomic E-state index is 11.8. The summed E-state index contributed by atoms with van der Waals surface area (Å²) in [5.41, 5.74) is 2.24. The van der Waals surface area contributed by atoms with Gasteiger partial charge in [-0.05, 0) is 18.2 Å². The minimum Gasteiger partial charge on any atom is -0.379 e. The standard InChI is InChI=1S/C13H14N4O2/c14-4-1-6-19-7-5-15-13(18)10-2-3-11-12(8-10)17-9-16-11/h2-3,8-9H,1,5-7H2,(H,15,18)(H,16,17). The molecule has 2 aromatic rings. The number of benzene rings is 1. The normalized spacial score (nSPS) is 10.3. The van der Waals surface area contributed by atoms with E-state index in [1.54, 1.807) is 24.5 Å².